The van der Waals surface area contributed by atoms with Crippen molar-refractivity contribution in [3.05, 3.63) is 0 Å². The molecule has 11 nitrogen and oxygen atoms in total. The third kappa shape index (κ3) is 39.0. The van der Waals surface area contributed by atoms with Gasteiger partial charge < -0.3 is 44.7 Å². The van der Waals surface area contributed by atoms with Gasteiger partial charge in [0.25, 0.3) is 0 Å². The van der Waals surface area contributed by atoms with Crippen LogP contribution < -0.4 is 5.32 Å². The van der Waals surface area contributed by atoms with E-state index in [0.717, 1.165) is 52.6 Å². The number of aliphatic hydroxyl groups excluding tert-OH is 5. The van der Waals surface area contributed by atoms with E-state index in [1.54, 1.807) is 6.92 Å². The molecule has 0 spiro atoms. The van der Waals surface area contributed by atoms with Crippen LogP contribution in [-0.4, -0.2) is 121 Å². The molecule has 0 aliphatic rings. The van der Waals surface area contributed by atoms with Crippen LogP contribution in [-0.2, 0) is 19.1 Å². The lowest BCUT2D eigenvalue weighted by Gasteiger charge is -2.25. The molecule has 11 heteroatoms. The number of hydrogen-bond donors (Lipinski definition) is 6. The van der Waals surface area contributed by atoms with Gasteiger partial charge >= 0.3 is 0 Å². The summed E-state index contributed by atoms with van der Waals surface area (Å²) in [6.45, 7) is 9.81. The maximum Gasteiger partial charge on any atom is 0.248 e. The van der Waals surface area contributed by atoms with Crippen LogP contribution in [0.4, 0.5) is 0 Å². The molecule has 3 unspecified atom stereocenters. The third-order valence-electron chi connectivity index (χ3n) is 5.34. The standard InChI is InChI=1S/C13H27NO2.C9H19NO5.C5H12O.CH4O/c1-13(16)10-8-6-4-2-3-5-7-9-11-14-12-15;1-6(11)9(14)7(12)4-10(2)8(13)5-15-3;1-3-5-6-4-2;1-2/h14-15H,2-12H2,1H3;6-7,9,11-12,14H,4-5H2,1-3H3;3-5H2,1-2H3;2H,1H3. The summed E-state index contributed by atoms with van der Waals surface area (Å²) in [4.78, 5) is 23.1. The van der Waals surface area contributed by atoms with E-state index in [4.69, 9.17) is 20.1 Å². The van der Waals surface area contributed by atoms with Crippen molar-refractivity contribution in [3.8, 4) is 0 Å². The van der Waals surface area contributed by atoms with Crippen LogP contribution >= 0.6 is 0 Å². The van der Waals surface area contributed by atoms with Crippen LogP contribution in [0.15, 0.2) is 0 Å². The summed E-state index contributed by atoms with van der Waals surface area (Å²) < 4.78 is 9.61. The molecule has 238 valence electrons. The minimum Gasteiger partial charge on any atom is -0.400 e. The first-order valence-electron chi connectivity index (χ1n) is 14.2. The predicted octanol–water partition coefficient (Wildman–Crippen LogP) is 1.86. The van der Waals surface area contributed by atoms with Gasteiger partial charge in [-0.2, -0.15) is 0 Å². The van der Waals surface area contributed by atoms with Gasteiger partial charge in [0.2, 0.25) is 5.91 Å². The van der Waals surface area contributed by atoms with Crippen LogP contribution in [0.25, 0.3) is 0 Å². The van der Waals surface area contributed by atoms with E-state index in [0.29, 0.717) is 5.78 Å². The smallest absolute Gasteiger partial charge is 0.248 e. The largest absolute Gasteiger partial charge is 0.400 e. The topological polar surface area (TPSA) is 169 Å². The summed E-state index contributed by atoms with van der Waals surface area (Å²) in [6, 6.07) is 0. The Morgan fingerprint density at radius 2 is 1.44 bits per heavy atom. The molecule has 0 fully saturated rings. The first kappa shape index (κ1) is 44.8. The summed E-state index contributed by atoms with van der Waals surface area (Å²) in [5, 5.41) is 46.1. The second-order valence-electron chi connectivity index (χ2n) is 9.14. The number of likely N-dealkylation sites (N-methyl/N-ethyl adjacent to an activating group) is 1. The number of carbonyl (C=O) groups is 2. The second-order valence-corrected chi connectivity index (χ2v) is 9.14. The average Bonchev–Trinajstić information content (AvgIpc) is 2.91. The number of methoxy groups -OCH3 is 1. The number of Topliss-reactive ketones (excluding diaryl/α,β-unsaturated/α-hetero) is 1. The summed E-state index contributed by atoms with van der Waals surface area (Å²) >= 11 is 0. The lowest BCUT2D eigenvalue weighted by atomic mass is 10.1. The highest BCUT2D eigenvalue weighted by Gasteiger charge is 2.23. The van der Waals surface area contributed by atoms with Crippen molar-refractivity contribution < 1.29 is 44.6 Å². The number of rotatable bonds is 21. The second kappa shape index (κ2) is 36.8. The first-order valence-corrected chi connectivity index (χ1v) is 14.2. The van der Waals surface area contributed by atoms with E-state index in [1.807, 2.05) is 6.92 Å². The summed E-state index contributed by atoms with van der Waals surface area (Å²) in [7, 11) is 3.88. The molecule has 0 saturated heterocycles. The fraction of sp³-hybridized carbons (Fsp3) is 0.929. The van der Waals surface area contributed by atoms with Crippen molar-refractivity contribution in [2.24, 2.45) is 0 Å². The molecule has 0 radical (unpaired) electrons. The molecule has 0 rings (SSSR count). The van der Waals surface area contributed by atoms with E-state index < -0.39 is 18.3 Å². The van der Waals surface area contributed by atoms with Crippen LogP contribution in [0, 0.1) is 0 Å². The van der Waals surface area contributed by atoms with Gasteiger partial charge in [-0.3, -0.25) is 10.1 Å². The van der Waals surface area contributed by atoms with Gasteiger partial charge in [-0.25, -0.2) is 0 Å². The third-order valence-corrected chi connectivity index (χ3v) is 5.34. The Bertz CT molecular complexity index is 494. The average molecular weight is 571 g/mol. The summed E-state index contributed by atoms with van der Waals surface area (Å²) in [5.74, 6) is 0.0192. The number of hydrogen-bond acceptors (Lipinski definition) is 10. The Labute approximate surface area is 237 Å². The van der Waals surface area contributed by atoms with E-state index in [9.17, 15) is 19.8 Å². The Balaban J connectivity index is -0.000000247. The summed E-state index contributed by atoms with van der Waals surface area (Å²) in [6.07, 6.45) is 8.25. The Hall–Kier alpha value is -1.18. The van der Waals surface area contributed by atoms with Crippen molar-refractivity contribution in [2.75, 3.05) is 60.9 Å². The monoisotopic (exact) mass is 570 g/mol. The SMILES string of the molecule is CC(=O)CCCCCCCCCCNCO.CCCOCC.CO.COCC(=O)N(C)CC(O)C(O)C(C)O. The molecule has 39 heavy (non-hydrogen) atoms. The van der Waals surface area contributed by atoms with E-state index in [1.165, 1.54) is 64.5 Å². The maximum atomic E-state index is 11.2. The van der Waals surface area contributed by atoms with E-state index >= 15 is 0 Å². The zero-order valence-electron chi connectivity index (χ0n) is 25.9. The fourth-order valence-electron chi connectivity index (χ4n) is 3.10. The van der Waals surface area contributed by atoms with Crippen molar-refractivity contribution in [3.63, 3.8) is 0 Å². The van der Waals surface area contributed by atoms with Gasteiger partial charge in [0.1, 0.15) is 18.5 Å². The molecule has 1 amide bonds. The lowest BCUT2D eigenvalue weighted by Crippen LogP contribution is -2.45. The van der Waals surface area contributed by atoms with Gasteiger partial charge in [0.05, 0.1) is 18.9 Å². The van der Waals surface area contributed by atoms with Gasteiger partial charge in [-0.1, -0.05) is 45.4 Å². The van der Waals surface area contributed by atoms with Gasteiger partial charge in [0, 0.05) is 47.4 Å². The highest BCUT2D eigenvalue weighted by molar-refractivity contribution is 5.77. The van der Waals surface area contributed by atoms with E-state index in [-0.39, 0.29) is 25.8 Å². The number of amides is 1. The Morgan fingerprint density at radius 3 is 1.82 bits per heavy atom. The molecule has 6 N–H and O–H groups in total. The molecular formula is C28H62N2O9. The highest BCUT2D eigenvalue weighted by Crippen LogP contribution is 2.09. The van der Waals surface area contributed by atoms with E-state index in [2.05, 4.69) is 17.0 Å². The van der Waals surface area contributed by atoms with Crippen LogP contribution in [0.5, 0.6) is 0 Å². The normalized spacial score (nSPS) is 12.4. The number of carbonyl (C=O) groups excluding carboxylic acids is 2. The van der Waals surface area contributed by atoms with Crippen molar-refractivity contribution in [2.45, 2.75) is 110 Å². The maximum absolute atomic E-state index is 11.2. The van der Waals surface area contributed by atoms with Crippen molar-refractivity contribution >= 4 is 11.7 Å². The van der Waals surface area contributed by atoms with Gasteiger partial charge in [-0.05, 0) is 46.6 Å². The van der Waals surface area contributed by atoms with Gasteiger partial charge in [-0.15, -0.1) is 0 Å². The molecular weight excluding hydrogens is 508 g/mol. The highest BCUT2D eigenvalue weighted by atomic mass is 16.5. The number of ketones is 1. The molecule has 0 aliphatic heterocycles. The molecule has 0 aromatic rings. The molecule has 0 heterocycles. The van der Waals surface area contributed by atoms with Gasteiger partial charge in [0.15, 0.2) is 0 Å². The molecule has 0 bridgehead atoms. The minimum absolute atomic E-state index is 0.0474. The fourth-order valence-corrected chi connectivity index (χ4v) is 3.10. The Morgan fingerprint density at radius 1 is 0.923 bits per heavy atom. The molecule has 0 saturated carbocycles. The van der Waals surface area contributed by atoms with Crippen molar-refractivity contribution in [1.82, 2.24) is 10.2 Å². The Kier molecular flexibility index (Phi) is 42.3. The van der Waals surface area contributed by atoms with Crippen LogP contribution in [0.1, 0.15) is 91.9 Å². The lowest BCUT2D eigenvalue weighted by molar-refractivity contribution is -0.137. The number of aliphatic hydroxyl groups is 5. The van der Waals surface area contributed by atoms with Crippen molar-refractivity contribution in [1.29, 1.82) is 0 Å². The summed E-state index contributed by atoms with van der Waals surface area (Å²) in [5.41, 5.74) is 0. The molecule has 0 aromatic heterocycles. The first-order chi connectivity index (χ1) is 18.6. The zero-order chi connectivity index (χ0) is 30.9. The number of nitrogens with zero attached hydrogens (tertiary/aromatic N) is 1. The number of unbranched alkanes of at least 4 members (excludes halogenated alkanes) is 7. The quantitative estimate of drug-likeness (QED) is 0.0885. The van der Waals surface area contributed by atoms with Crippen LogP contribution in [0.2, 0.25) is 0 Å². The zero-order valence-corrected chi connectivity index (χ0v) is 25.9. The number of ether oxygens (including phenoxy) is 2. The predicted molar refractivity (Wildman–Crippen MR) is 155 cm³/mol. The minimum atomic E-state index is -1.26. The molecule has 3 atom stereocenters. The van der Waals surface area contributed by atoms with Crippen LogP contribution in [0.3, 0.4) is 0 Å². The molecule has 0 aliphatic carbocycles. The molecule has 0 aromatic carbocycles. The number of nitrogens with one attached hydrogen (secondary N) is 1.